The molecule has 0 saturated carbocycles. The third-order valence-electron chi connectivity index (χ3n) is 8.69. The van der Waals surface area contributed by atoms with Crippen LogP contribution < -0.4 is 9.47 Å². The molecule has 1 aliphatic rings. The van der Waals surface area contributed by atoms with Gasteiger partial charge >= 0.3 is 0 Å². The van der Waals surface area contributed by atoms with Gasteiger partial charge < -0.3 is 18.9 Å². The van der Waals surface area contributed by atoms with Gasteiger partial charge in [-0.15, -0.1) is 0 Å². The van der Waals surface area contributed by atoms with Gasteiger partial charge in [-0.2, -0.15) is 0 Å². The van der Waals surface area contributed by atoms with Crippen LogP contribution in [0.25, 0.3) is 11.1 Å². The summed E-state index contributed by atoms with van der Waals surface area (Å²) in [5.74, 6) is 1.84. The average molecular weight is 603 g/mol. The molecule has 0 amide bonds. The van der Waals surface area contributed by atoms with Crippen LogP contribution in [0.2, 0.25) is 0 Å². The van der Waals surface area contributed by atoms with Gasteiger partial charge in [0.2, 0.25) is 0 Å². The molecule has 0 saturated heterocycles. The van der Waals surface area contributed by atoms with Crippen molar-refractivity contribution in [3.8, 4) is 22.6 Å². The van der Waals surface area contributed by atoms with Gasteiger partial charge in [-0.25, -0.2) is 0 Å². The van der Waals surface area contributed by atoms with E-state index in [-0.39, 0.29) is 0 Å². The summed E-state index contributed by atoms with van der Waals surface area (Å²) in [7, 11) is 0. The Kier molecular flexibility index (Phi) is 11.0. The molecule has 4 aromatic carbocycles. The van der Waals surface area contributed by atoms with Crippen molar-refractivity contribution in [1.82, 2.24) is 0 Å². The Bertz CT molecular complexity index is 1470. The zero-order chi connectivity index (χ0) is 31.5. The largest absolute Gasteiger partial charge is 0.498 e. The topological polar surface area (TPSA) is 36.9 Å². The molecule has 1 aliphatic carbocycles. The van der Waals surface area contributed by atoms with Crippen LogP contribution in [0, 0.1) is 0 Å². The van der Waals surface area contributed by atoms with Crippen LogP contribution >= 0.6 is 0 Å². The van der Waals surface area contributed by atoms with Crippen molar-refractivity contribution in [2.24, 2.45) is 0 Å². The number of ether oxygens (including phenoxy) is 4. The van der Waals surface area contributed by atoms with Crippen LogP contribution in [0.4, 0.5) is 0 Å². The molecule has 0 N–H and O–H groups in total. The Morgan fingerprint density at radius 1 is 0.578 bits per heavy atom. The van der Waals surface area contributed by atoms with Gasteiger partial charge in [0.25, 0.3) is 0 Å². The summed E-state index contributed by atoms with van der Waals surface area (Å²) in [4.78, 5) is 0. The molecular formula is C41H46O4. The lowest BCUT2D eigenvalue weighted by Gasteiger charge is -2.35. The van der Waals surface area contributed by atoms with Gasteiger partial charge in [-0.1, -0.05) is 113 Å². The summed E-state index contributed by atoms with van der Waals surface area (Å²) in [6.45, 7) is 13.7. The lowest BCUT2D eigenvalue weighted by atomic mass is 9.67. The highest BCUT2D eigenvalue weighted by Gasteiger charge is 2.46. The molecular weight excluding hydrogens is 556 g/mol. The van der Waals surface area contributed by atoms with Gasteiger partial charge in [0.1, 0.15) is 37.9 Å². The van der Waals surface area contributed by atoms with Gasteiger partial charge in [0, 0.05) is 0 Å². The number of hydrogen-bond acceptors (Lipinski definition) is 4. The molecule has 0 spiro atoms. The van der Waals surface area contributed by atoms with E-state index in [1.54, 1.807) is 0 Å². The minimum Gasteiger partial charge on any atom is -0.498 e. The monoisotopic (exact) mass is 602 g/mol. The number of aryl methyl sites for hydroxylation is 2. The summed E-state index contributed by atoms with van der Waals surface area (Å²) < 4.78 is 23.2. The molecule has 0 fully saturated rings. The number of unbranched alkanes of at least 4 members (excludes halogenated alkanes) is 2. The van der Waals surface area contributed by atoms with Crippen LogP contribution in [-0.4, -0.2) is 26.4 Å². The van der Waals surface area contributed by atoms with Gasteiger partial charge in [-0.05, 0) is 82.3 Å². The normalized spacial score (nSPS) is 12.6. The summed E-state index contributed by atoms with van der Waals surface area (Å²) in [5.41, 5.74) is 9.61. The van der Waals surface area contributed by atoms with Crippen molar-refractivity contribution >= 4 is 0 Å². The van der Waals surface area contributed by atoms with Crippen molar-refractivity contribution < 1.29 is 18.9 Å². The van der Waals surface area contributed by atoms with E-state index in [2.05, 4.69) is 112 Å². The van der Waals surface area contributed by atoms with Crippen LogP contribution in [-0.2, 0) is 27.7 Å². The van der Waals surface area contributed by atoms with Gasteiger partial charge in [0.05, 0.1) is 17.9 Å². The Labute approximate surface area is 269 Å². The highest BCUT2D eigenvalue weighted by Crippen LogP contribution is 2.56. The van der Waals surface area contributed by atoms with Crippen LogP contribution in [0.5, 0.6) is 11.5 Å². The molecule has 0 heterocycles. The molecule has 5 rings (SSSR count). The molecule has 45 heavy (non-hydrogen) atoms. The van der Waals surface area contributed by atoms with Crippen molar-refractivity contribution in [1.29, 1.82) is 0 Å². The fourth-order valence-corrected chi connectivity index (χ4v) is 6.62. The molecule has 4 nitrogen and oxygen atoms in total. The third-order valence-corrected chi connectivity index (χ3v) is 8.69. The first-order chi connectivity index (χ1) is 22.2. The molecule has 0 unspecified atom stereocenters. The third kappa shape index (κ3) is 6.66. The van der Waals surface area contributed by atoms with E-state index < -0.39 is 5.41 Å². The maximum Gasteiger partial charge on any atom is 0.122 e. The molecule has 4 aromatic rings. The predicted molar refractivity (Wildman–Crippen MR) is 184 cm³/mol. The summed E-state index contributed by atoms with van der Waals surface area (Å²) in [5, 5.41) is 0. The second-order valence-corrected chi connectivity index (χ2v) is 11.5. The minimum atomic E-state index is -0.496. The molecule has 0 bridgehead atoms. The SMILES string of the molecule is C=COCCOc1ccc(C2(c3ccc(OCCOC=C)c(CCCC)c3)c3ccccc3-c3ccccc32)cc1CCCC. The fraction of sp³-hybridized carbons (Fsp3) is 0.317. The van der Waals surface area contributed by atoms with Gasteiger partial charge in [0.15, 0.2) is 0 Å². The van der Waals surface area contributed by atoms with E-state index in [0.717, 1.165) is 50.0 Å². The first kappa shape index (κ1) is 32.0. The van der Waals surface area contributed by atoms with Gasteiger partial charge in [-0.3, -0.25) is 0 Å². The van der Waals surface area contributed by atoms with E-state index >= 15 is 0 Å². The fourth-order valence-electron chi connectivity index (χ4n) is 6.62. The molecule has 0 atom stereocenters. The quantitative estimate of drug-likeness (QED) is 0.0739. The predicted octanol–water partition coefficient (Wildman–Crippen LogP) is 9.81. The summed E-state index contributed by atoms with van der Waals surface area (Å²) in [6.07, 6.45) is 9.22. The smallest absolute Gasteiger partial charge is 0.122 e. The molecule has 0 radical (unpaired) electrons. The van der Waals surface area contributed by atoms with E-state index in [4.69, 9.17) is 18.9 Å². The maximum absolute atomic E-state index is 6.26. The molecule has 4 heteroatoms. The maximum atomic E-state index is 6.26. The van der Waals surface area contributed by atoms with Crippen molar-refractivity contribution in [2.75, 3.05) is 26.4 Å². The van der Waals surface area contributed by atoms with Crippen LogP contribution in [0.15, 0.2) is 111 Å². The Morgan fingerprint density at radius 3 is 1.44 bits per heavy atom. The number of hydrogen-bond donors (Lipinski definition) is 0. The zero-order valence-electron chi connectivity index (χ0n) is 26.9. The molecule has 0 aliphatic heterocycles. The second kappa shape index (κ2) is 15.5. The molecule has 0 aromatic heterocycles. The van der Waals surface area contributed by atoms with Crippen molar-refractivity contribution in [3.63, 3.8) is 0 Å². The highest BCUT2D eigenvalue weighted by molar-refractivity contribution is 5.86. The number of fused-ring (bicyclic) bond motifs is 3. The first-order valence-corrected chi connectivity index (χ1v) is 16.4. The Hall–Kier alpha value is -4.44. The van der Waals surface area contributed by atoms with E-state index in [1.807, 2.05) is 0 Å². The molecule has 234 valence electrons. The van der Waals surface area contributed by atoms with Crippen LogP contribution in [0.1, 0.15) is 72.9 Å². The zero-order valence-corrected chi connectivity index (χ0v) is 26.9. The van der Waals surface area contributed by atoms with E-state index in [9.17, 15) is 0 Å². The van der Waals surface area contributed by atoms with Crippen molar-refractivity contribution in [3.05, 3.63) is 144 Å². The lowest BCUT2D eigenvalue weighted by molar-refractivity contribution is 0.179. The summed E-state index contributed by atoms with van der Waals surface area (Å²) >= 11 is 0. The first-order valence-electron chi connectivity index (χ1n) is 16.4. The minimum absolute atomic E-state index is 0.470. The van der Waals surface area contributed by atoms with E-state index in [0.29, 0.717) is 26.4 Å². The van der Waals surface area contributed by atoms with Crippen molar-refractivity contribution in [2.45, 2.75) is 57.8 Å². The highest BCUT2D eigenvalue weighted by atomic mass is 16.5. The van der Waals surface area contributed by atoms with Crippen LogP contribution in [0.3, 0.4) is 0 Å². The summed E-state index contributed by atoms with van der Waals surface area (Å²) in [6, 6.07) is 31.4. The Morgan fingerprint density at radius 2 is 1.02 bits per heavy atom. The number of rotatable bonds is 18. The standard InChI is InChI=1S/C41H46O4/c1-5-9-15-31-29-33(21-23-39(31)44-27-25-42-7-3)41(37-19-13-11-17-35(37)36-18-12-14-20-38(36)41)34-22-24-40(45-28-26-43-8-4)32(30-34)16-10-6-2/h7-8,11-14,17-24,29-30H,3-6,9-10,15-16,25-28H2,1-2H3. The Balaban J connectivity index is 1.71. The number of benzene rings is 4. The second-order valence-electron chi connectivity index (χ2n) is 11.5. The average Bonchev–Trinajstić information content (AvgIpc) is 3.38. The van der Waals surface area contributed by atoms with E-state index in [1.165, 1.54) is 57.0 Å². The lowest BCUT2D eigenvalue weighted by Crippen LogP contribution is -2.29.